The molecular formula is C14H21N3O2. The molecule has 0 atom stereocenters. The molecule has 1 N–H and O–H groups in total. The molecule has 104 valence electrons. The molecule has 1 aromatic rings. The van der Waals surface area contributed by atoms with Crippen LogP contribution >= 0.6 is 0 Å². The molecule has 0 aromatic carbocycles. The monoisotopic (exact) mass is 263 g/mol. The molecule has 5 heteroatoms. The molecule has 0 bridgehead atoms. The third-order valence-electron chi connectivity index (χ3n) is 3.36. The minimum absolute atomic E-state index is 0.00653. The smallest absolute Gasteiger partial charge is 0.272 e. The van der Waals surface area contributed by atoms with Gasteiger partial charge in [-0.05, 0) is 31.9 Å². The second kappa shape index (κ2) is 6.52. The van der Waals surface area contributed by atoms with Gasteiger partial charge in [-0.1, -0.05) is 6.07 Å². The van der Waals surface area contributed by atoms with E-state index in [4.69, 9.17) is 4.74 Å². The Morgan fingerprint density at radius 1 is 1.47 bits per heavy atom. The highest BCUT2D eigenvalue weighted by Gasteiger charge is 2.24. The molecule has 1 aliphatic rings. The van der Waals surface area contributed by atoms with E-state index in [0.29, 0.717) is 11.8 Å². The molecular weight excluding hydrogens is 242 g/mol. The summed E-state index contributed by atoms with van der Waals surface area (Å²) in [6.45, 7) is 4.24. The van der Waals surface area contributed by atoms with E-state index in [1.165, 1.54) is 0 Å². The first kappa shape index (κ1) is 13.8. The Kier molecular flexibility index (Phi) is 4.74. The predicted octanol–water partition coefficient (Wildman–Crippen LogP) is 1.76. The largest absolute Gasteiger partial charge is 0.378 e. The fourth-order valence-corrected chi connectivity index (χ4v) is 2.32. The fourth-order valence-electron chi connectivity index (χ4n) is 2.32. The molecule has 0 aliphatic carbocycles. The van der Waals surface area contributed by atoms with Crippen molar-refractivity contribution in [1.82, 2.24) is 9.88 Å². The fraction of sp³-hybridized carbons (Fsp3) is 0.571. The minimum atomic E-state index is 0.00653. The van der Waals surface area contributed by atoms with E-state index in [9.17, 15) is 4.79 Å². The van der Waals surface area contributed by atoms with Gasteiger partial charge < -0.3 is 15.0 Å². The summed E-state index contributed by atoms with van der Waals surface area (Å²) in [6.07, 6.45) is 2.11. The maximum atomic E-state index is 12.3. The van der Waals surface area contributed by atoms with Crippen LogP contribution in [0.1, 0.15) is 30.3 Å². The Morgan fingerprint density at radius 2 is 2.21 bits per heavy atom. The summed E-state index contributed by atoms with van der Waals surface area (Å²) in [4.78, 5) is 18.5. The van der Waals surface area contributed by atoms with E-state index < -0.39 is 0 Å². The number of anilines is 1. The zero-order valence-electron chi connectivity index (χ0n) is 11.6. The summed E-state index contributed by atoms with van der Waals surface area (Å²) in [5, 5.41) is 2.95. The lowest BCUT2D eigenvalue weighted by atomic mass is 10.1. The highest BCUT2D eigenvalue weighted by molar-refractivity contribution is 5.92. The Morgan fingerprint density at radius 3 is 2.84 bits per heavy atom. The molecule has 2 rings (SSSR count). The van der Waals surface area contributed by atoms with Crippen LogP contribution in [0.5, 0.6) is 0 Å². The average molecular weight is 263 g/mol. The summed E-state index contributed by atoms with van der Waals surface area (Å²) in [5.74, 6) is 0.724. The van der Waals surface area contributed by atoms with Crippen LogP contribution in [-0.2, 0) is 4.74 Å². The molecule has 1 saturated heterocycles. The first-order chi connectivity index (χ1) is 9.24. The molecule has 5 nitrogen and oxygen atoms in total. The summed E-state index contributed by atoms with van der Waals surface area (Å²) < 4.78 is 5.59. The highest BCUT2D eigenvalue weighted by Crippen LogP contribution is 2.16. The van der Waals surface area contributed by atoms with Gasteiger partial charge in [-0.25, -0.2) is 4.98 Å². The number of ether oxygens (including phenoxy) is 1. The molecule has 0 radical (unpaired) electrons. The lowest BCUT2D eigenvalue weighted by molar-refractivity contribution is 0.0144. The Labute approximate surface area is 114 Å². The topological polar surface area (TPSA) is 54.5 Å². The summed E-state index contributed by atoms with van der Waals surface area (Å²) in [7, 11) is 1.80. The van der Waals surface area contributed by atoms with Gasteiger partial charge in [0, 0.05) is 26.7 Å². The SMILES string of the molecule is CCOC1CCN(C(=O)c2cccc(NC)n2)CC1. The summed E-state index contributed by atoms with van der Waals surface area (Å²) >= 11 is 0. The van der Waals surface area contributed by atoms with Crippen LogP contribution in [-0.4, -0.2) is 48.6 Å². The van der Waals surface area contributed by atoms with Gasteiger partial charge in [0.25, 0.3) is 5.91 Å². The van der Waals surface area contributed by atoms with Crippen molar-refractivity contribution in [2.24, 2.45) is 0 Å². The molecule has 1 aliphatic heterocycles. The van der Waals surface area contributed by atoms with Crippen LogP contribution in [0.25, 0.3) is 0 Å². The number of hydrogen-bond acceptors (Lipinski definition) is 4. The van der Waals surface area contributed by atoms with Crippen LogP contribution in [0.3, 0.4) is 0 Å². The van der Waals surface area contributed by atoms with Crippen molar-refractivity contribution in [1.29, 1.82) is 0 Å². The Hall–Kier alpha value is -1.62. The third kappa shape index (κ3) is 3.44. The van der Waals surface area contributed by atoms with Crippen molar-refractivity contribution in [2.75, 3.05) is 32.1 Å². The minimum Gasteiger partial charge on any atom is -0.378 e. The quantitative estimate of drug-likeness (QED) is 0.899. The van der Waals surface area contributed by atoms with Crippen LogP contribution in [0, 0.1) is 0 Å². The third-order valence-corrected chi connectivity index (χ3v) is 3.36. The molecule has 1 fully saturated rings. The number of carbonyl (C=O) groups is 1. The first-order valence-corrected chi connectivity index (χ1v) is 6.80. The van der Waals surface area contributed by atoms with Gasteiger partial charge in [-0.15, -0.1) is 0 Å². The normalized spacial score (nSPS) is 16.4. The van der Waals surface area contributed by atoms with Crippen molar-refractivity contribution in [3.05, 3.63) is 23.9 Å². The van der Waals surface area contributed by atoms with Gasteiger partial charge in [-0.2, -0.15) is 0 Å². The van der Waals surface area contributed by atoms with Crippen LogP contribution in [0.4, 0.5) is 5.82 Å². The molecule has 0 saturated carbocycles. The summed E-state index contributed by atoms with van der Waals surface area (Å²) in [5.41, 5.74) is 0.502. The second-order valence-electron chi connectivity index (χ2n) is 4.60. The number of carbonyl (C=O) groups excluding carboxylic acids is 1. The molecule has 0 unspecified atom stereocenters. The van der Waals surface area contributed by atoms with Crippen LogP contribution in [0.15, 0.2) is 18.2 Å². The Bertz CT molecular complexity index is 428. The number of rotatable bonds is 4. The van der Waals surface area contributed by atoms with Crippen LogP contribution < -0.4 is 5.32 Å². The number of amides is 1. The first-order valence-electron chi connectivity index (χ1n) is 6.80. The summed E-state index contributed by atoms with van der Waals surface area (Å²) in [6, 6.07) is 5.45. The van der Waals surface area contributed by atoms with Gasteiger partial charge in [-0.3, -0.25) is 4.79 Å². The number of aromatic nitrogens is 1. The van der Waals surface area contributed by atoms with E-state index in [1.807, 2.05) is 24.0 Å². The van der Waals surface area contributed by atoms with Crippen molar-refractivity contribution < 1.29 is 9.53 Å². The van der Waals surface area contributed by atoms with Crippen molar-refractivity contribution >= 4 is 11.7 Å². The zero-order chi connectivity index (χ0) is 13.7. The van der Waals surface area contributed by atoms with Gasteiger partial charge in [0.2, 0.25) is 0 Å². The van der Waals surface area contributed by atoms with Crippen LogP contribution in [0.2, 0.25) is 0 Å². The molecule has 19 heavy (non-hydrogen) atoms. The molecule has 2 heterocycles. The molecule has 1 amide bonds. The number of nitrogens with one attached hydrogen (secondary N) is 1. The lowest BCUT2D eigenvalue weighted by Crippen LogP contribution is -2.41. The number of hydrogen-bond donors (Lipinski definition) is 1. The number of likely N-dealkylation sites (tertiary alicyclic amines) is 1. The van der Waals surface area contributed by atoms with E-state index in [2.05, 4.69) is 10.3 Å². The van der Waals surface area contributed by atoms with E-state index in [-0.39, 0.29) is 5.91 Å². The molecule has 1 aromatic heterocycles. The van der Waals surface area contributed by atoms with Gasteiger partial charge in [0.15, 0.2) is 0 Å². The number of piperidine rings is 1. The van der Waals surface area contributed by atoms with Crippen molar-refractivity contribution in [3.63, 3.8) is 0 Å². The standard InChI is InChI=1S/C14H21N3O2/c1-3-19-11-7-9-17(10-8-11)14(18)12-5-4-6-13(15-2)16-12/h4-6,11H,3,7-10H2,1-2H3,(H,15,16). The molecule has 0 spiro atoms. The Balaban J connectivity index is 1.97. The predicted molar refractivity (Wildman–Crippen MR) is 74.3 cm³/mol. The number of pyridine rings is 1. The van der Waals surface area contributed by atoms with E-state index in [1.54, 1.807) is 13.1 Å². The zero-order valence-corrected chi connectivity index (χ0v) is 11.6. The van der Waals surface area contributed by atoms with Gasteiger partial charge in [0.05, 0.1) is 6.10 Å². The maximum absolute atomic E-state index is 12.3. The van der Waals surface area contributed by atoms with Gasteiger partial charge in [0.1, 0.15) is 11.5 Å². The maximum Gasteiger partial charge on any atom is 0.272 e. The van der Waals surface area contributed by atoms with E-state index >= 15 is 0 Å². The second-order valence-corrected chi connectivity index (χ2v) is 4.60. The van der Waals surface area contributed by atoms with Gasteiger partial charge >= 0.3 is 0 Å². The highest BCUT2D eigenvalue weighted by atomic mass is 16.5. The lowest BCUT2D eigenvalue weighted by Gasteiger charge is -2.31. The van der Waals surface area contributed by atoms with E-state index in [0.717, 1.165) is 38.4 Å². The van der Waals surface area contributed by atoms with Crippen molar-refractivity contribution in [3.8, 4) is 0 Å². The average Bonchev–Trinajstić information content (AvgIpc) is 2.48. The van der Waals surface area contributed by atoms with Crippen molar-refractivity contribution in [2.45, 2.75) is 25.9 Å². The number of nitrogens with zero attached hydrogens (tertiary/aromatic N) is 2.